The van der Waals surface area contributed by atoms with Crippen LogP contribution in [0.25, 0.3) is 6.08 Å². The minimum absolute atomic E-state index is 0.0161. The summed E-state index contributed by atoms with van der Waals surface area (Å²) in [6.45, 7) is 4.84. The average Bonchev–Trinajstić information content (AvgIpc) is 2.61. The van der Waals surface area contributed by atoms with Crippen LogP contribution in [0.1, 0.15) is 36.2 Å². The number of hydrogen-bond donors (Lipinski definition) is 0. The van der Waals surface area contributed by atoms with Gasteiger partial charge >= 0.3 is 5.97 Å². The second-order valence-electron chi connectivity index (χ2n) is 6.77. The molecule has 0 saturated heterocycles. The van der Waals surface area contributed by atoms with E-state index < -0.39 is 0 Å². The lowest BCUT2D eigenvalue weighted by Gasteiger charge is -2.45. The van der Waals surface area contributed by atoms with Gasteiger partial charge in [0.1, 0.15) is 0 Å². The van der Waals surface area contributed by atoms with Crippen LogP contribution in [-0.4, -0.2) is 12.6 Å². The van der Waals surface area contributed by atoms with Crippen molar-refractivity contribution < 1.29 is 9.53 Å². The Balaban J connectivity index is 1.60. The topological polar surface area (TPSA) is 26.3 Å². The zero-order valence-electron chi connectivity index (χ0n) is 14.2. The van der Waals surface area contributed by atoms with Crippen molar-refractivity contribution in [2.75, 3.05) is 6.61 Å². The predicted molar refractivity (Wildman–Crippen MR) is 96.5 cm³/mol. The third-order valence-corrected chi connectivity index (χ3v) is 4.89. The van der Waals surface area contributed by atoms with Crippen LogP contribution in [0.15, 0.2) is 72.0 Å². The standard InChI is InChI=1S/C22H22O2/c1-22(2)19(14-13-17-9-5-3-6-10-17)15-20(22)16-24-21(23)18-11-7-4-8-12-18/h3-13,20H,15-16H2,1-2H3. The molecule has 2 aromatic carbocycles. The lowest BCUT2D eigenvalue weighted by Crippen LogP contribution is -2.40. The van der Waals surface area contributed by atoms with Gasteiger partial charge in [-0.05, 0) is 41.2 Å². The first-order valence-electron chi connectivity index (χ1n) is 8.30. The normalized spacial score (nSPS) is 18.2. The Morgan fingerprint density at radius 2 is 1.75 bits per heavy atom. The first kappa shape index (κ1) is 16.3. The molecular weight excluding hydrogens is 296 g/mol. The van der Waals surface area contributed by atoms with E-state index in [0.29, 0.717) is 18.1 Å². The molecule has 0 aliphatic heterocycles. The first-order valence-corrected chi connectivity index (χ1v) is 8.30. The van der Waals surface area contributed by atoms with Crippen molar-refractivity contribution in [1.82, 2.24) is 0 Å². The summed E-state index contributed by atoms with van der Waals surface area (Å²) in [5.41, 5.74) is 6.49. The lowest BCUT2D eigenvalue weighted by atomic mass is 9.59. The molecule has 0 heterocycles. The molecule has 122 valence electrons. The fourth-order valence-electron chi connectivity index (χ4n) is 2.95. The molecular formula is C22H22O2. The summed E-state index contributed by atoms with van der Waals surface area (Å²) in [6.07, 6.45) is 2.96. The maximum Gasteiger partial charge on any atom is 0.338 e. The van der Waals surface area contributed by atoms with Crippen molar-refractivity contribution >= 4 is 12.0 Å². The Morgan fingerprint density at radius 3 is 2.38 bits per heavy atom. The molecule has 3 rings (SSSR count). The number of benzene rings is 2. The molecule has 2 heteroatoms. The van der Waals surface area contributed by atoms with Crippen LogP contribution in [0, 0.1) is 11.3 Å². The van der Waals surface area contributed by atoms with Crippen LogP contribution in [0.5, 0.6) is 0 Å². The van der Waals surface area contributed by atoms with E-state index >= 15 is 0 Å². The number of ether oxygens (including phenoxy) is 1. The van der Waals surface area contributed by atoms with Crippen LogP contribution in [0.4, 0.5) is 0 Å². The van der Waals surface area contributed by atoms with E-state index in [1.807, 2.05) is 42.5 Å². The van der Waals surface area contributed by atoms with Crippen molar-refractivity contribution in [3.05, 3.63) is 83.1 Å². The second kappa shape index (κ2) is 6.90. The summed E-state index contributed by atoms with van der Waals surface area (Å²) in [5, 5.41) is 0. The highest BCUT2D eigenvalue weighted by atomic mass is 16.5. The van der Waals surface area contributed by atoms with Gasteiger partial charge in [0.25, 0.3) is 0 Å². The fraction of sp³-hybridized carbons (Fsp3) is 0.273. The first-order chi connectivity index (χ1) is 11.6. The second-order valence-corrected chi connectivity index (χ2v) is 6.77. The van der Waals surface area contributed by atoms with Crippen molar-refractivity contribution in [3.8, 4) is 0 Å². The van der Waals surface area contributed by atoms with E-state index in [9.17, 15) is 4.79 Å². The number of hydrogen-bond acceptors (Lipinski definition) is 2. The molecule has 0 amide bonds. The number of esters is 1. The monoisotopic (exact) mass is 318 g/mol. The highest BCUT2D eigenvalue weighted by molar-refractivity contribution is 5.89. The zero-order valence-corrected chi connectivity index (χ0v) is 14.2. The molecule has 1 unspecified atom stereocenters. The summed E-state index contributed by atoms with van der Waals surface area (Å²) in [6, 6.07) is 19.3. The van der Waals surface area contributed by atoms with E-state index in [1.165, 1.54) is 5.57 Å². The van der Waals surface area contributed by atoms with E-state index in [1.54, 1.807) is 12.1 Å². The Hall–Kier alpha value is -2.57. The maximum absolute atomic E-state index is 12.0. The maximum atomic E-state index is 12.0. The van der Waals surface area contributed by atoms with Crippen LogP contribution < -0.4 is 0 Å². The van der Waals surface area contributed by atoms with Crippen molar-refractivity contribution in [3.63, 3.8) is 0 Å². The van der Waals surface area contributed by atoms with Gasteiger partial charge in [0, 0.05) is 5.92 Å². The molecule has 1 aliphatic rings. The highest BCUT2D eigenvalue weighted by Gasteiger charge is 2.44. The summed E-state index contributed by atoms with van der Waals surface area (Å²) < 4.78 is 5.49. The smallest absolute Gasteiger partial charge is 0.338 e. The molecule has 24 heavy (non-hydrogen) atoms. The summed E-state index contributed by atoms with van der Waals surface area (Å²) in [7, 11) is 0. The summed E-state index contributed by atoms with van der Waals surface area (Å²) in [4.78, 5) is 12.0. The Morgan fingerprint density at radius 1 is 1.12 bits per heavy atom. The lowest BCUT2D eigenvalue weighted by molar-refractivity contribution is 0.0220. The van der Waals surface area contributed by atoms with Crippen molar-refractivity contribution in [2.24, 2.45) is 11.3 Å². The minimum Gasteiger partial charge on any atom is -0.462 e. The van der Waals surface area contributed by atoms with E-state index in [2.05, 4.69) is 31.7 Å². The number of rotatable bonds is 4. The van der Waals surface area contributed by atoms with Gasteiger partial charge in [-0.2, -0.15) is 0 Å². The molecule has 2 aromatic rings. The van der Waals surface area contributed by atoms with Gasteiger partial charge in [0.05, 0.1) is 12.2 Å². The minimum atomic E-state index is -0.247. The van der Waals surface area contributed by atoms with E-state index in [4.69, 9.17) is 4.74 Å². The molecule has 1 saturated carbocycles. The highest BCUT2D eigenvalue weighted by Crippen LogP contribution is 2.50. The van der Waals surface area contributed by atoms with Crippen molar-refractivity contribution in [1.29, 1.82) is 0 Å². The van der Waals surface area contributed by atoms with Gasteiger partial charge in [-0.15, -0.1) is 5.73 Å². The summed E-state index contributed by atoms with van der Waals surface area (Å²) in [5.74, 6) is 0.0977. The fourth-order valence-corrected chi connectivity index (χ4v) is 2.95. The van der Waals surface area contributed by atoms with Gasteiger partial charge in [-0.3, -0.25) is 0 Å². The Bertz CT molecular complexity index is 766. The number of allylic oxidation sites excluding steroid dienone is 1. The molecule has 0 radical (unpaired) electrons. The van der Waals surface area contributed by atoms with Gasteiger partial charge in [-0.25, -0.2) is 4.79 Å². The van der Waals surface area contributed by atoms with Crippen LogP contribution in [0.2, 0.25) is 0 Å². The van der Waals surface area contributed by atoms with Gasteiger partial charge in [0.2, 0.25) is 0 Å². The Kier molecular flexibility index (Phi) is 4.69. The largest absolute Gasteiger partial charge is 0.462 e. The average molecular weight is 318 g/mol. The molecule has 1 aliphatic carbocycles. The molecule has 0 N–H and O–H groups in total. The van der Waals surface area contributed by atoms with E-state index in [0.717, 1.165) is 12.0 Å². The molecule has 1 fully saturated rings. The van der Waals surface area contributed by atoms with Gasteiger partial charge in [-0.1, -0.05) is 62.4 Å². The SMILES string of the molecule is CC1(C)C(=C=Cc2ccccc2)CC1COC(=O)c1ccccc1. The van der Waals surface area contributed by atoms with Crippen LogP contribution >= 0.6 is 0 Å². The molecule has 2 nitrogen and oxygen atoms in total. The van der Waals surface area contributed by atoms with Crippen molar-refractivity contribution in [2.45, 2.75) is 20.3 Å². The van der Waals surface area contributed by atoms with Gasteiger partial charge in [0.15, 0.2) is 0 Å². The third kappa shape index (κ3) is 3.50. The number of carbonyl (C=O) groups excluding carboxylic acids is 1. The molecule has 0 spiro atoms. The van der Waals surface area contributed by atoms with Crippen LogP contribution in [-0.2, 0) is 4.74 Å². The quantitative estimate of drug-likeness (QED) is 0.577. The Labute approximate surface area is 143 Å². The summed E-state index contributed by atoms with van der Waals surface area (Å²) >= 11 is 0. The number of carbonyl (C=O) groups is 1. The van der Waals surface area contributed by atoms with Crippen LogP contribution in [0.3, 0.4) is 0 Å². The molecule has 0 aromatic heterocycles. The van der Waals surface area contributed by atoms with Gasteiger partial charge < -0.3 is 4.74 Å². The molecule has 0 bridgehead atoms. The molecule has 1 atom stereocenters. The zero-order chi connectivity index (χ0) is 17.0. The third-order valence-electron chi connectivity index (χ3n) is 4.89. The predicted octanol–water partition coefficient (Wildman–Crippen LogP) is 5.13. The van der Waals surface area contributed by atoms with E-state index in [-0.39, 0.29) is 11.4 Å².